The lowest BCUT2D eigenvalue weighted by Crippen LogP contribution is -2.09. The first-order chi connectivity index (χ1) is 5.79. The van der Waals surface area contributed by atoms with Crippen LogP contribution >= 0.6 is 11.8 Å². The molecule has 2 heteroatoms. The molecular weight excluding hydrogens is 166 g/mol. The molecule has 0 spiro atoms. The highest BCUT2D eigenvalue weighted by Crippen LogP contribution is 2.17. The number of hydrogen-bond donors (Lipinski definition) is 1. The van der Waals surface area contributed by atoms with Gasteiger partial charge in [0.15, 0.2) is 0 Å². The smallest absolute Gasteiger partial charge is 0.00197 e. The third-order valence-electron chi connectivity index (χ3n) is 2.28. The quantitative estimate of drug-likeness (QED) is 0.663. The molecule has 0 aromatic rings. The Morgan fingerprint density at radius 3 is 2.92 bits per heavy atom. The third-order valence-corrected chi connectivity index (χ3v) is 3.71. The topological polar surface area (TPSA) is 12.0 Å². The van der Waals surface area contributed by atoms with Crippen LogP contribution in [0.2, 0.25) is 0 Å². The van der Waals surface area contributed by atoms with Gasteiger partial charge in [-0.2, -0.15) is 11.8 Å². The minimum atomic E-state index is 0.858. The van der Waals surface area contributed by atoms with Gasteiger partial charge in [-0.25, -0.2) is 0 Å². The SMILES string of the molecule is CC(C)CSCCC1CCNC1. The fraction of sp³-hybridized carbons (Fsp3) is 1.00. The maximum atomic E-state index is 3.41. The van der Waals surface area contributed by atoms with Crippen LogP contribution in [0.25, 0.3) is 0 Å². The zero-order valence-corrected chi connectivity index (χ0v) is 9.12. The fourth-order valence-corrected chi connectivity index (χ4v) is 2.67. The summed E-state index contributed by atoms with van der Waals surface area (Å²) in [6.45, 7) is 7.11. The maximum absolute atomic E-state index is 3.41. The van der Waals surface area contributed by atoms with Crippen molar-refractivity contribution in [2.45, 2.75) is 26.7 Å². The summed E-state index contributed by atoms with van der Waals surface area (Å²) in [5.74, 6) is 4.53. The van der Waals surface area contributed by atoms with Crippen molar-refractivity contribution in [3.8, 4) is 0 Å². The van der Waals surface area contributed by atoms with Crippen LogP contribution in [-0.4, -0.2) is 24.6 Å². The highest BCUT2D eigenvalue weighted by molar-refractivity contribution is 7.99. The molecule has 0 aromatic carbocycles. The van der Waals surface area contributed by atoms with Gasteiger partial charge in [0, 0.05) is 0 Å². The molecule has 72 valence electrons. The second kappa shape index (κ2) is 5.87. The molecule has 1 fully saturated rings. The molecule has 1 nitrogen and oxygen atoms in total. The normalized spacial score (nSPS) is 23.8. The van der Waals surface area contributed by atoms with Crippen LogP contribution in [0, 0.1) is 11.8 Å². The number of nitrogens with one attached hydrogen (secondary N) is 1. The summed E-state index contributed by atoms with van der Waals surface area (Å²) < 4.78 is 0. The van der Waals surface area contributed by atoms with Gasteiger partial charge in [-0.1, -0.05) is 13.8 Å². The fourth-order valence-electron chi connectivity index (χ4n) is 1.53. The van der Waals surface area contributed by atoms with Crippen molar-refractivity contribution in [3.63, 3.8) is 0 Å². The lowest BCUT2D eigenvalue weighted by atomic mass is 10.1. The van der Waals surface area contributed by atoms with Crippen LogP contribution in [-0.2, 0) is 0 Å². The summed E-state index contributed by atoms with van der Waals surface area (Å²) in [6.07, 6.45) is 2.83. The molecule has 1 aliphatic heterocycles. The Labute approximate surface area is 80.7 Å². The van der Waals surface area contributed by atoms with Gasteiger partial charge in [-0.15, -0.1) is 0 Å². The molecule has 1 heterocycles. The van der Waals surface area contributed by atoms with Crippen LogP contribution in [0.5, 0.6) is 0 Å². The zero-order chi connectivity index (χ0) is 8.81. The van der Waals surface area contributed by atoms with E-state index in [1.807, 2.05) is 0 Å². The lowest BCUT2D eigenvalue weighted by molar-refractivity contribution is 0.567. The maximum Gasteiger partial charge on any atom is -0.00197 e. The molecule has 1 atom stereocenters. The average Bonchev–Trinajstić information content (AvgIpc) is 2.49. The second-order valence-corrected chi connectivity index (χ2v) is 5.27. The molecule has 0 aliphatic carbocycles. The van der Waals surface area contributed by atoms with Crippen molar-refractivity contribution in [1.82, 2.24) is 5.32 Å². The van der Waals surface area contributed by atoms with Crippen molar-refractivity contribution in [1.29, 1.82) is 0 Å². The predicted molar refractivity (Wildman–Crippen MR) is 57.8 cm³/mol. The molecule has 12 heavy (non-hydrogen) atoms. The van der Waals surface area contributed by atoms with E-state index in [9.17, 15) is 0 Å². The Balaban J connectivity index is 1.88. The first-order valence-corrected chi connectivity index (χ1v) is 6.23. The second-order valence-electron chi connectivity index (χ2n) is 4.12. The summed E-state index contributed by atoms with van der Waals surface area (Å²) in [7, 11) is 0. The molecule has 0 radical (unpaired) electrons. The molecular formula is C10H21NS. The highest BCUT2D eigenvalue weighted by Gasteiger charge is 2.13. The van der Waals surface area contributed by atoms with E-state index in [4.69, 9.17) is 0 Å². The zero-order valence-electron chi connectivity index (χ0n) is 8.31. The number of rotatable bonds is 5. The summed E-state index contributed by atoms with van der Waals surface area (Å²) >= 11 is 2.12. The first-order valence-electron chi connectivity index (χ1n) is 5.07. The molecule has 0 saturated carbocycles. The van der Waals surface area contributed by atoms with Gasteiger partial charge in [0.25, 0.3) is 0 Å². The van der Waals surface area contributed by atoms with Crippen molar-refractivity contribution in [2.75, 3.05) is 24.6 Å². The number of thioether (sulfide) groups is 1. The van der Waals surface area contributed by atoms with E-state index >= 15 is 0 Å². The van der Waals surface area contributed by atoms with E-state index < -0.39 is 0 Å². The van der Waals surface area contributed by atoms with Crippen LogP contribution in [0.3, 0.4) is 0 Å². The van der Waals surface area contributed by atoms with E-state index in [1.54, 1.807) is 0 Å². The van der Waals surface area contributed by atoms with Crippen molar-refractivity contribution < 1.29 is 0 Å². The van der Waals surface area contributed by atoms with E-state index in [-0.39, 0.29) is 0 Å². The standard InChI is InChI=1S/C10H21NS/c1-9(2)8-12-6-4-10-3-5-11-7-10/h9-11H,3-8H2,1-2H3. The van der Waals surface area contributed by atoms with Crippen LogP contribution in [0.1, 0.15) is 26.7 Å². The van der Waals surface area contributed by atoms with E-state index in [0.29, 0.717) is 0 Å². The Bertz CT molecular complexity index is 108. The summed E-state index contributed by atoms with van der Waals surface area (Å²) in [5, 5.41) is 3.41. The van der Waals surface area contributed by atoms with E-state index in [0.717, 1.165) is 11.8 Å². The Kier molecular flexibility index (Phi) is 5.08. The predicted octanol–water partition coefficient (Wildman–Crippen LogP) is 2.38. The van der Waals surface area contributed by atoms with Gasteiger partial charge in [0.1, 0.15) is 0 Å². The largest absolute Gasteiger partial charge is 0.316 e. The minimum absolute atomic E-state index is 0.858. The van der Waals surface area contributed by atoms with Crippen LogP contribution in [0.15, 0.2) is 0 Å². The van der Waals surface area contributed by atoms with Gasteiger partial charge in [-0.05, 0) is 49.3 Å². The molecule has 0 amide bonds. The average molecular weight is 187 g/mol. The monoisotopic (exact) mass is 187 g/mol. The Morgan fingerprint density at radius 2 is 2.33 bits per heavy atom. The molecule has 1 saturated heterocycles. The Hall–Kier alpha value is 0.310. The van der Waals surface area contributed by atoms with Gasteiger partial charge in [0.2, 0.25) is 0 Å². The molecule has 1 unspecified atom stereocenters. The van der Waals surface area contributed by atoms with Crippen molar-refractivity contribution >= 4 is 11.8 Å². The van der Waals surface area contributed by atoms with Gasteiger partial charge >= 0.3 is 0 Å². The Morgan fingerprint density at radius 1 is 1.50 bits per heavy atom. The summed E-state index contributed by atoms with van der Waals surface area (Å²) in [4.78, 5) is 0. The first kappa shape index (κ1) is 10.4. The van der Waals surface area contributed by atoms with Crippen molar-refractivity contribution in [2.24, 2.45) is 11.8 Å². The number of hydrogen-bond acceptors (Lipinski definition) is 2. The lowest BCUT2D eigenvalue weighted by Gasteiger charge is -2.08. The van der Waals surface area contributed by atoms with Crippen LogP contribution in [0.4, 0.5) is 0 Å². The van der Waals surface area contributed by atoms with Gasteiger partial charge in [-0.3, -0.25) is 0 Å². The van der Waals surface area contributed by atoms with Crippen molar-refractivity contribution in [3.05, 3.63) is 0 Å². The third kappa shape index (κ3) is 4.36. The molecule has 0 bridgehead atoms. The van der Waals surface area contributed by atoms with Gasteiger partial charge < -0.3 is 5.32 Å². The summed E-state index contributed by atoms with van der Waals surface area (Å²) in [6, 6.07) is 0. The van der Waals surface area contributed by atoms with E-state index in [2.05, 4.69) is 30.9 Å². The highest BCUT2D eigenvalue weighted by atomic mass is 32.2. The van der Waals surface area contributed by atoms with Crippen LogP contribution < -0.4 is 5.32 Å². The molecule has 1 rings (SSSR count). The van der Waals surface area contributed by atoms with Gasteiger partial charge in [0.05, 0.1) is 0 Å². The molecule has 1 N–H and O–H groups in total. The minimum Gasteiger partial charge on any atom is -0.316 e. The molecule has 0 aromatic heterocycles. The summed E-state index contributed by atoms with van der Waals surface area (Å²) in [5.41, 5.74) is 0. The molecule has 1 aliphatic rings. The van der Waals surface area contributed by atoms with E-state index in [1.165, 1.54) is 37.4 Å².